The van der Waals surface area contributed by atoms with Crippen molar-refractivity contribution in [2.75, 3.05) is 0 Å². The number of unbranched alkanes of at least 4 members (excludes halogenated alkanes) is 3. The number of alkyl halides is 3. The average molecular weight is 316 g/mol. The maximum atomic E-state index is 11.9. The summed E-state index contributed by atoms with van der Waals surface area (Å²) in [6.07, 6.45) is 0.376. The normalized spacial score (nSPS) is 11.2. The van der Waals surface area contributed by atoms with Gasteiger partial charge in [0.05, 0.1) is 0 Å². The Morgan fingerprint density at radius 1 is 1.09 bits per heavy atom. The Hall–Kier alpha value is -1.92. The lowest BCUT2D eigenvalue weighted by Gasteiger charge is -2.06. The number of hydrogen-bond acceptors (Lipinski definition) is 3. The second kappa shape index (κ2) is 9.17. The molecule has 0 fully saturated rings. The van der Waals surface area contributed by atoms with Crippen molar-refractivity contribution in [1.82, 2.24) is 10.3 Å². The minimum absolute atomic E-state index is 0.102. The molecule has 0 atom stereocenters. The zero-order valence-corrected chi connectivity index (χ0v) is 12.2. The first-order valence-electron chi connectivity index (χ1n) is 7.15. The van der Waals surface area contributed by atoms with E-state index in [0.717, 1.165) is 5.56 Å². The Kier molecular flexibility index (Phi) is 7.56. The topological polar surface area (TPSA) is 59.1 Å². The maximum absolute atomic E-state index is 11.9. The van der Waals surface area contributed by atoms with Crippen molar-refractivity contribution in [2.45, 2.75) is 51.2 Å². The van der Waals surface area contributed by atoms with Crippen molar-refractivity contribution in [3.63, 3.8) is 0 Å². The number of aromatic nitrogens is 1. The van der Waals surface area contributed by atoms with E-state index in [9.17, 15) is 22.8 Å². The number of halogens is 3. The number of amides is 1. The second-order valence-electron chi connectivity index (χ2n) is 4.97. The van der Waals surface area contributed by atoms with Crippen molar-refractivity contribution >= 4 is 11.7 Å². The highest BCUT2D eigenvalue weighted by molar-refractivity contribution is 5.83. The van der Waals surface area contributed by atoms with E-state index in [4.69, 9.17) is 0 Å². The van der Waals surface area contributed by atoms with Crippen LogP contribution in [-0.2, 0) is 16.1 Å². The molecule has 1 rings (SSSR count). The minimum atomic E-state index is -4.73. The molecule has 22 heavy (non-hydrogen) atoms. The lowest BCUT2D eigenvalue weighted by atomic mass is 10.1. The molecule has 1 aromatic rings. The van der Waals surface area contributed by atoms with Gasteiger partial charge >= 0.3 is 6.18 Å². The van der Waals surface area contributed by atoms with Gasteiger partial charge in [-0.25, -0.2) is 0 Å². The van der Waals surface area contributed by atoms with Crippen LogP contribution in [0.15, 0.2) is 24.5 Å². The Balaban J connectivity index is 2.03. The van der Waals surface area contributed by atoms with Gasteiger partial charge in [0.1, 0.15) is 0 Å². The molecule has 0 bridgehead atoms. The van der Waals surface area contributed by atoms with Crippen molar-refractivity contribution in [3.05, 3.63) is 30.1 Å². The van der Waals surface area contributed by atoms with E-state index in [1.165, 1.54) is 0 Å². The molecule has 1 N–H and O–H groups in total. The maximum Gasteiger partial charge on any atom is 0.449 e. The van der Waals surface area contributed by atoms with Crippen LogP contribution in [0.4, 0.5) is 13.2 Å². The fraction of sp³-hybridized carbons (Fsp3) is 0.533. The smallest absolute Gasteiger partial charge is 0.352 e. The fourth-order valence-electron chi connectivity index (χ4n) is 1.86. The Labute approximate surface area is 127 Å². The SMILES string of the molecule is O=C(CCCCCCC(=O)C(F)(F)F)NCc1cccnc1. The van der Waals surface area contributed by atoms with Crippen LogP contribution in [0, 0.1) is 0 Å². The molecule has 0 aliphatic heterocycles. The molecule has 0 aliphatic rings. The van der Waals surface area contributed by atoms with E-state index >= 15 is 0 Å². The van der Waals surface area contributed by atoms with Crippen LogP contribution in [0.2, 0.25) is 0 Å². The van der Waals surface area contributed by atoms with E-state index in [-0.39, 0.29) is 12.3 Å². The number of carbonyl (C=O) groups is 2. The monoisotopic (exact) mass is 316 g/mol. The summed E-state index contributed by atoms with van der Waals surface area (Å²) in [5.74, 6) is -1.78. The lowest BCUT2D eigenvalue weighted by molar-refractivity contribution is -0.171. The molecule has 0 aliphatic carbocycles. The summed E-state index contributed by atoms with van der Waals surface area (Å²) in [6.45, 7) is 0.409. The average Bonchev–Trinajstić information content (AvgIpc) is 2.48. The minimum Gasteiger partial charge on any atom is -0.352 e. The van der Waals surface area contributed by atoms with Crippen molar-refractivity contribution < 1.29 is 22.8 Å². The number of ketones is 1. The quantitative estimate of drug-likeness (QED) is 0.712. The van der Waals surface area contributed by atoms with E-state index in [2.05, 4.69) is 10.3 Å². The predicted molar refractivity (Wildman–Crippen MR) is 74.8 cm³/mol. The number of pyridine rings is 1. The summed E-state index contributed by atoms with van der Waals surface area (Å²) in [4.78, 5) is 26.1. The van der Waals surface area contributed by atoms with Crippen molar-refractivity contribution in [1.29, 1.82) is 0 Å². The Morgan fingerprint density at radius 2 is 1.77 bits per heavy atom. The molecule has 0 saturated heterocycles. The molecule has 0 radical (unpaired) electrons. The molecule has 0 unspecified atom stereocenters. The number of hydrogen-bond donors (Lipinski definition) is 1. The summed E-state index contributed by atoms with van der Waals surface area (Å²) in [7, 11) is 0. The van der Waals surface area contributed by atoms with E-state index in [1.54, 1.807) is 18.5 Å². The van der Waals surface area contributed by atoms with Crippen LogP contribution < -0.4 is 5.32 Å². The molecular weight excluding hydrogens is 297 g/mol. The number of rotatable bonds is 9. The van der Waals surface area contributed by atoms with Gasteiger partial charge in [-0.15, -0.1) is 0 Å². The van der Waals surface area contributed by atoms with Gasteiger partial charge in [0.2, 0.25) is 11.7 Å². The third kappa shape index (κ3) is 7.75. The number of Topliss-reactive ketones (excluding diaryl/α,β-unsaturated/α-hetero) is 1. The van der Waals surface area contributed by atoms with Gasteiger partial charge in [-0.2, -0.15) is 13.2 Å². The molecule has 1 heterocycles. The summed E-state index contributed by atoms with van der Waals surface area (Å²) >= 11 is 0. The largest absolute Gasteiger partial charge is 0.449 e. The van der Waals surface area contributed by atoms with Gasteiger partial charge in [-0.3, -0.25) is 14.6 Å². The second-order valence-corrected chi connectivity index (χ2v) is 4.97. The van der Waals surface area contributed by atoms with Gasteiger partial charge in [0.15, 0.2) is 0 Å². The molecule has 4 nitrogen and oxygen atoms in total. The number of nitrogens with one attached hydrogen (secondary N) is 1. The fourth-order valence-corrected chi connectivity index (χ4v) is 1.86. The first-order chi connectivity index (χ1) is 10.4. The molecule has 122 valence electrons. The first kappa shape index (κ1) is 18.1. The van der Waals surface area contributed by atoms with E-state index < -0.39 is 18.4 Å². The Morgan fingerprint density at radius 3 is 2.36 bits per heavy atom. The summed E-state index contributed by atoms with van der Waals surface area (Å²) in [6, 6.07) is 3.63. The van der Waals surface area contributed by atoms with Crippen LogP contribution in [-0.4, -0.2) is 22.9 Å². The highest BCUT2D eigenvalue weighted by Crippen LogP contribution is 2.19. The van der Waals surface area contributed by atoms with Crippen LogP contribution in [0.3, 0.4) is 0 Å². The van der Waals surface area contributed by atoms with Gasteiger partial charge in [0.25, 0.3) is 0 Å². The lowest BCUT2D eigenvalue weighted by Crippen LogP contribution is -2.22. The summed E-state index contributed by atoms with van der Waals surface area (Å²) < 4.78 is 35.8. The van der Waals surface area contributed by atoms with Gasteiger partial charge < -0.3 is 5.32 Å². The van der Waals surface area contributed by atoms with Gasteiger partial charge in [-0.05, 0) is 24.5 Å². The van der Waals surface area contributed by atoms with Gasteiger partial charge in [0, 0.05) is 31.8 Å². The van der Waals surface area contributed by atoms with Crippen LogP contribution >= 0.6 is 0 Å². The van der Waals surface area contributed by atoms with Crippen LogP contribution in [0.25, 0.3) is 0 Å². The zero-order valence-electron chi connectivity index (χ0n) is 12.2. The predicted octanol–water partition coefficient (Wildman–Crippen LogP) is 3.17. The molecule has 0 saturated carbocycles. The first-order valence-corrected chi connectivity index (χ1v) is 7.15. The van der Waals surface area contributed by atoms with Gasteiger partial charge in [-0.1, -0.05) is 18.9 Å². The molecule has 1 aromatic heterocycles. The Bertz CT molecular complexity index is 475. The van der Waals surface area contributed by atoms with E-state index in [0.29, 0.717) is 32.2 Å². The molecule has 0 spiro atoms. The molecule has 1 amide bonds. The van der Waals surface area contributed by atoms with Crippen molar-refractivity contribution in [2.24, 2.45) is 0 Å². The highest BCUT2D eigenvalue weighted by atomic mass is 19.4. The third-order valence-corrected chi connectivity index (χ3v) is 3.09. The third-order valence-electron chi connectivity index (χ3n) is 3.09. The van der Waals surface area contributed by atoms with Crippen LogP contribution in [0.5, 0.6) is 0 Å². The standard InChI is InChI=1S/C15H19F3N2O2/c16-15(17,18)13(21)7-3-1-2-4-8-14(22)20-11-12-6-5-9-19-10-12/h5-6,9-10H,1-4,7-8,11H2,(H,20,22). The van der Waals surface area contributed by atoms with Crippen molar-refractivity contribution in [3.8, 4) is 0 Å². The highest BCUT2D eigenvalue weighted by Gasteiger charge is 2.36. The van der Waals surface area contributed by atoms with Crippen LogP contribution in [0.1, 0.15) is 44.1 Å². The van der Waals surface area contributed by atoms with E-state index in [1.807, 2.05) is 6.07 Å². The number of carbonyl (C=O) groups excluding carboxylic acids is 2. The summed E-state index contributed by atoms with van der Waals surface area (Å²) in [5.41, 5.74) is 0.904. The molecular formula is C15H19F3N2O2. The zero-order chi connectivity index (χ0) is 16.4. The number of nitrogens with zero attached hydrogens (tertiary/aromatic N) is 1. The molecule has 0 aromatic carbocycles. The molecule has 7 heteroatoms. The summed E-state index contributed by atoms with van der Waals surface area (Å²) in [5, 5.41) is 2.75.